The van der Waals surface area contributed by atoms with E-state index in [0.717, 1.165) is 25.7 Å². The number of hydrogen-bond acceptors (Lipinski definition) is 3. The van der Waals surface area contributed by atoms with Gasteiger partial charge in [0.25, 0.3) is 0 Å². The van der Waals surface area contributed by atoms with Crippen LogP contribution in [0.3, 0.4) is 0 Å². The number of nitrogens with two attached hydrogens (primary N) is 2. The molecule has 0 fully saturated rings. The summed E-state index contributed by atoms with van der Waals surface area (Å²) in [7, 11) is 0. The number of aliphatic imine (C=N–C) groups is 1. The Balaban J connectivity index is 3.33. The molecule has 0 radical (unpaired) electrons. The number of nitrogens with zero attached hydrogens (tertiary/aromatic N) is 1. The number of guanidine groups is 1. The average molecular weight is 243 g/mol. The van der Waals surface area contributed by atoms with E-state index in [9.17, 15) is 10.2 Å². The van der Waals surface area contributed by atoms with Gasteiger partial charge < -0.3 is 21.7 Å². The van der Waals surface area contributed by atoms with Crippen molar-refractivity contribution in [2.45, 2.75) is 50.7 Å². The molecule has 0 aliphatic carbocycles. The summed E-state index contributed by atoms with van der Waals surface area (Å²) in [5.41, 5.74) is 10.4. The highest BCUT2D eigenvalue weighted by Gasteiger charge is 2.08. The first kappa shape index (κ1) is 15.9. The first-order valence-electron chi connectivity index (χ1n) is 6.10. The smallest absolute Gasteiger partial charge is 0.185 e. The van der Waals surface area contributed by atoms with Crippen LogP contribution >= 0.6 is 0 Å². The summed E-state index contributed by atoms with van der Waals surface area (Å²) >= 11 is 0. The quantitative estimate of drug-likeness (QED) is 0.194. The van der Waals surface area contributed by atoms with Crippen molar-refractivity contribution in [3.8, 4) is 0 Å². The Labute approximate surface area is 103 Å². The predicted molar refractivity (Wildman–Crippen MR) is 70.6 cm³/mol. The highest BCUT2D eigenvalue weighted by molar-refractivity contribution is 5.75. The largest absolute Gasteiger partial charge is 0.393 e. The summed E-state index contributed by atoms with van der Waals surface area (Å²) in [5, 5.41) is 18.8. The monoisotopic (exact) mass is 243 g/mol. The van der Waals surface area contributed by atoms with Crippen LogP contribution in [0.5, 0.6) is 0 Å². The van der Waals surface area contributed by atoms with Crippen molar-refractivity contribution in [3.63, 3.8) is 0 Å². The van der Waals surface area contributed by atoms with Crippen molar-refractivity contribution in [1.29, 1.82) is 0 Å². The third-order valence-electron chi connectivity index (χ3n) is 2.53. The topological polar surface area (TPSA) is 105 Å². The minimum Gasteiger partial charge on any atom is -0.393 e. The van der Waals surface area contributed by atoms with Crippen LogP contribution < -0.4 is 11.5 Å². The van der Waals surface area contributed by atoms with E-state index in [-0.39, 0.29) is 5.96 Å². The fourth-order valence-corrected chi connectivity index (χ4v) is 1.55. The second-order valence-electron chi connectivity index (χ2n) is 4.20. The van der Waals surface area contributed by atoms with E-state index in [4.69, 9.17) is 11.5 Å². The van der Waals surface area contributed by atoms with E-state index >= 15 is 0 Å². The summed E-state index contributed by atoms with van der Waals surface area (Å²) < 4.78 is 0. The maximum Gasteiger partial charge on any atom is 0.185 e. The zero-order valence-corrected chi connectivity index (χ0v) is 10.4. The first-order valence-corrected chi connectivity index (χ1v) is 6.10. The van der Waals surface area contributed by atoms with Crippen LogP contribution in [0.15, 0.2) is 17.6 Å². The highest BCUT2D eigenvalue weighted by Crippen LogP contribution is 2.10. The molecule has 0 saturated carbocycles. The maximum absolute atomic E-state index is 9.56. The maximum atomic E-state index is 9.56. The van der Waals surface area contributed by atoms with Gasteiger partial charge in [0.2, 0.25) is 0 Å². The van der Waals surface area contributed by atoms with Gasteiger partial charge in [0.15, 0.2) is 5.96 Å². The molecule has 2 atom stereocenters. The zero-order chi connectivity index (χ0) is 13.1. The summed E-state index contributed by atoms with van der Waals surface area (Å²) in [6.45, 7) is 4.13. The van der Waals surface area contributed by atoms with Crippen LogP contribution in [-0.4, -0.2) is 34.9 Å². The van der Waals surface area contributed by atoms with Crippen molar-refractivity contribution in [3.05, 3.63) is 12.7 Å². The Bertz CT molecular complexity index is 228. The molecule has 0 heterocycles. The number of rotatable bonds is 10. The molecule has 0 aliphatic rings. The minimum atomic E-state index is -0.605. The van der Waals surface area contributed by atoms with Crippen molar-refractivity contribution in [2.75, 3.05) is 6.54 Å². The summed E-state index contributed by atoms with van der Waals surface area (Å²) in [5.74, 6) is 0.138. The summed E-state index contributed by atoms with van der Waals surface area (Å²) in [4.78, 5) is 3.89. The van der Waals surface area contributed by atoms with Crippen LogP contribution in [0.1, 0.15) is 38.5 Å². The second-order valence-corrected chi connectivity index (χ2v) is 4.20. The molecule has 0 aliphatic heterocycles. The third kappa shape index (κ3) is 11.2. The van der Waals surface area contributed by atoms with Gasteiger partial charge in [-0.15, -0.1) is 6.58 Å². The van der Waals surface area contributed by atoms with Gasteiger partial charge in [-0.1, -0.05) is 25.3 Å². The van der Waals surface area contributed by atoms with Crippen molar-refractivity contribution < 1.29 is 10.2 Å². The lowest BCUT2D eigenvalue weighted by Gasteiger charge is -2.12. The first-order chi connectivity index (χ1) is 8.06. The SMILES string of the molecule is C=CC(O)CC(O)CCCCCCN=C(N)N. The number of unbranched alkanes of at least 4 members (excludes halogenated alkanes) is 3. The molecular formula is C12H25N3O2. The van der Waals surface area contributed by atoms with Crippen molar-refractivity contribution in [2.24, 2.45) is 16.5 Å². The summed E-state index contributed by atoms with van der Waals surface area (Å²) in [6, 6.07) is 0. The van der Waals surface area contributed by atoms with Gasteiger partial charge in [0.1, 0.15) is 0 Å². The molecule has 5 nitrogen and oxygen atoms in total. The van der Waals surface area contributed by atoms with E-state index in [1.165, 1.54) is 6.08 Å². The molecule has 2 unspecified atom stereocenters. The third-order valence-corrected chi connectivity index (χ3v) is 2.53. The van der Waals surface area contributed by atoms with E-state index in [1.807, 2.05) is 0 Å². The normalized spacial score (nSPS) is 14.0. The van der Waals surface area contributed by atoms with Crippen LogP contribution in [0.2, 0.25) is 0 Å². The van der Waals surface area contributed by atoms with Crippen LogP contribution in [0.25, 0.3) is 0 Å². The van der Waals surface area contributed by atoms with Crippen molar-refractivity contribution in [1.82, 2.24) is 0 Å². The van der Waals surface area contributed by atoms with Gasteiger partial charge in [0.05, 0.1) is 12.2 Å². The molecule has 0 aromatic rings. The van der Waals surface area contributed by atoms with Crippen LogP contribution in [0.4, 0.5) is 0 Å². The lowest BCUT2D eigenvalue weighted by Crippen LogP contribution is -2.22. The molecule has 5 heteroatoms. The fraction of sp³-hybridized carbons (Fsp3) is 0.750. The van der Waals surface area contributed by atoms with E-state index in [0.29, 0.717) is 19.4 Å². The molecule has 6 N–H and O–H groups in total. The Morgan fingerprint density at radius 1 is 1.18 bits per heavy atom. The van der Waals surface area contributed by atoms with E-state index in [2.05, 4.69) is 11.6 Å². The molecule has 0 aromatic heterocycles. The Kier molecular flexibility index (Phi) is 9.47. The molecule has 0 bridgehead atoms. The molecule has 0 spiro atoms. The molecular weight excluding hydrogens is 218 g/mol. The predicted octanol–water partition coefficient (Wildman–Crippen LogP) is 0.508. The minimum absolute atomic E-state index is 0.138. The molecule has 0 rings (SSSR count). The van der Waals surface area contributed by atoms with Gasteiger partial charge in [-0.3, -0.25) is 4.99 Å². The lowest BCUT2D eigenvalue weighted by molar-refractivity contribution is 0.0958. The van der Waals surface area contributed by atoms with Crippen molar-refractivity contribution >= 4 is 5.96 Å². The lowest BCUT2D eigenvalue weighted by atomic mass is 10.0. The number of hydrogen-bond donors (Lipinski definition) is 4. The number of aliphatic hydroxyl groups excluding tert-OH is 2. The standard InChI is InChI=1S/C12H25N3O2/c1-2-10(16)9-11(17)7-5-3-4-6-8-15-12(13)14/h2,10-11,16-17H,1,3-9H2,(H4,13,14,15). The molecule has 0 amide bonds. The van der Waals surface area contributed by atoms with Crippen LogP contribution in [-0.2, 0) is 0 Å². The number of aliphatic hydroxyl groups is 2. The van der Waals surface area contributed by atoms with Gasteiger partial charge >= 0.3 is 0 Å². The van der Waals surface area contributed by atoms with Gasteiger partial charge in [-0.05, 0) is 12.8 Å². The van der Waals surface area contributed by atoms with Crippen LogP contribution in [0, 0.1) is 0 Å². The molecule has 0 aromatic carbocycles. The van der Waals surface area contributed by atoms with Gasteiger partial charge in [-0.2, -0.15) is 0 Å². The molecule has 100 valence electrons. The zero-order valence-electron chi connectivity index (χ0n) is 10.4. The van der Waals surface area contributed by atoms with E-state index < -0.39 is 12.2 Å². The highest BCUT2D eigenvalue weighted by atomic mass is 16.3. The fourth-order valence-electron chi connectivity index (χ4n) is 1.55. The van der Waals surface area contributed by atoms with Gasteiger partial charge in [0, 0.05) is 13.0 Å². The Morgan fingerprint density at radius 3 is 2.41 bits per heavy atom. The van der Waals surface area contributed by atoms with E-state index in [1.54, 1.807) is 0 Å². The van der Waals surface area contributed by atoms with Gasteiger partial charge in [-0.25, -0.2) is 0 Å². The Hall–Kier alpha value is -1.07. The molecule has 0 saturated heterocycles. The average Bonchev–Trinajstić information content (AvgIpc) is 2.27. The summed E-state index contributed by atoms with van der Waals surface area (Å²) in [6.07, 6.45) is 5.49. The molecule has 17 heavy (non-hydrogen) atoms. The Morgan fingerprint density at radius 2 is 1.82 bits per heavy atom. The second kappa shape index (κ2) is 10.1.